The second-order valence-electron chi connectivity index (χ2n) is 5.21. The van der Waals surface area contributed by atoms with Crippen LogP contribution in [0.3, 0.4) is 0 Å². The molecule has 1 unspecified atom stereocenters. The average Bonchev–Trinajstić information content (AvgIpc) is 2.55. The normalized spacial score (nSPS) is 18.0. The number of hydrogen-bond donors (Lipinski definition) is 1. The van der Waals surface area contributed by atoms with Gasteiger partial charge in [-0.1, -0.05) is 6.07 Å². The zero-order chi connectivity index (χ0) is 15.4. The van der Waals surface area contributed by atoms with Crippen molar-refractivity contribution in [2.45, 2.75) is 13.0 Å². The van der Waals surface area contributed by atoms with Crippen LogP contribution in [0.15, 0.2) is 42.7 Å². The molecule has 1 aromatic carbocycles. The lowest BCUT2D eigenvalue weighted by Crippen LogP contribution is -2.44. The van der Waals surface area contributed by atoms with E-state index in [-0.39, 0.29) is 12.0 Å². The zero-order valence-corrected chi connectivity index (χ0v) is 12.4. The number of aromatic nitrogens is 2. The highest BCUT2D eigenvalue weighted by Gasteiger charge is 2.22. The Kier molecular flexibility index (Phi) is 4.29. The molecule has 0 bridgehead atoms. The van der Waals surface area contributed by atoms with E-state index in [0.29, 0.717) is 31.2 Å². The van der Waals surface area contributed by atoms with Gasteiger partial charge in [0.1, 0.15) is 0 Å². The Morgan fingerprint density at radius 2 is 2.14 bits per heavy atom. The third-order valence-electron chi connectivity index (χ3n) is 3.46. The maximum Gasteiger partial charge on any atom is 0.254 e. The van der Waals surface area contributed by atoms with Gasteiger partial charge in [-0.3, -0.25) is 4.79 Å². The summed E-state index contributed by atoms with van der Waals surface area (Å²) in [5.74, 6) is 0.528. The molecule has 0 saturated carbocycles. The van der Waals surface area contributed by atoms with Gasteiger partial charge >= 0.3 is 0 Å². The molecule has 1 aromatic heterocycles. The molecule has 6 heteroatoms. The number of rotatable bonds is 3. The fraction of sp³-hybridized carbons (Fsp3) is 0.312. The largest absolute Gasteiger partial charge is 0.375 e. The molecule has 114 valence electrons. The molecule has 2 aromatic rings. The minimum atomic E-state index is 0.0211. The maximum absolute atomic E-state index is 12.6. The van der Waals surface area contributed by atoms with Crippen LogP contribution >= 0.6 is 0 Å². The summed E-state index contributed by atoms with van der Waals surface area (Å²) in [7, 11) is 0. The number of morpholine rings is 1. The second kappa shape index (κ2) is 6.53. The number of carbonyl (C=O) groups excluding carboxylic acids is 1. The molecular formula is C16H18N4O2. The summed E-state index contributed by atoms with van der Waals surface area (Å²) in [6.45, 7) is 3.81. The summed E-state index contributed by atoms with van der Waals surface area (Å²) in [5.41, 5.74) is 1.44. The Bertz CT molecular complexity index is 648. The lowest BCUT2D eigenvalue weighted by atomic mass is 10.1. The van der Waals surface area contributed by atoms with Gasteiger partial charge in [-0.15, -0.1) is 0 Å². The van der Waals surface area contributed by atoms with Crippen molar-refractivity contribution in [1.82, 2.24) is 14.9 Å². The number of carbonyl (C=O) groups is 1. The van der Waals surface area contributed by atoms with E-state index in [1.54, 1.807) is 18.5 Å². The molecular weight excluding hydrogens is 280 g/mol. The van der Waals surface area contributed by atoms with E-state index in [1.807, 2.05) is 36.1 Å². The SMILES string of the molecule is CC1CN(C(=O)c2cccc(Nc3ncccn3)c2)CCO1. The van der Waals surface area contributed by atoms with Gasteiger partial charge in [0.05, 0.1) is 12.7 Å². The van der Waals surface area contributed by atoms with Crippen LogP contribution in [-0.2, 0) is 4.74 Å². The average molecular weight is 298 g/mol. The molecule has 0 aliphatic carbocycles. The van der Waals surface area contributed by atoms with Crippen molar-refractivity contribution < 1.29 is 9.53 Å². The number of anilines is 2. The van der Waals surface area contributed by atoms with Crippen LogP contribution in [0.25, 0.3) is 0 Å². The van der Waals surface area contributed by atoms with E-state index in [4.69, 9.17) is 4.74 Å². The van der Waals surface area contributed by atoms with Crippen molar-refractivity contribution in [2.75, 3.05) is 25.0 Å². The number of ether oxygens (including phenoxy) is 1. The van der Waals surface area contributed by atoms with E-state index in [2.05, 4.69) is 15.3 Å². The second-order valence-corrected chi connectivity index (χ2v) is 5.21. The number of nitrogens with one attached hydrogen (secondary N) is 1. The van der Waals surface area contributed by atoms with Crippen LogP contribution in [0.2, 0.25) is 0 Å². The predicted octanol–water partition coefficient (Wildman–Crippen LogP) is 2.08. The van der Waals surface area contributed by atoms with Crippen LogP contribution < -0.4 is 5.32 Å². The molecule has 3 rings (SSSR count). The van der Waals surface area contributed by atoms with Crippen LogP contribution in [0.1, 0.15) is 17.3 Å². The van der Waals surface area contributed by atoms with Gasteiger partial charge in [0.2, 0.25) is 5.95 Å². The number of hydrogen-bond acceptors (Lipinski definition) is 5. The summed E-state index contributed by atoms with van der Waals surface area (Å²) in [6.07, 6.45) is 3.41. The minimum absolute atomic E-state index is 0.0211. The monoisotopic (exact) mass is 298 g/mol. The van der Waals surface area contributed by atoms with E-state index in [0.717, 1.165) is 5.69 Å². The van der Waals surface area contributed by atoms with Crippen molar-refractivity contribution in [3.8, 4) is 0 Å². The van der Waals surface area contributed by atoms with Crippen LogP contribution in [0, 0.1) is 0 Å². The van der Waals surface area contributed by atoms with Gasteiger partial charge in [-0.2, -0.15) is 0 Å². The Balaban J connectivity index is 1.74. The quantitative estimate of drug-likeness (QED) is 0.939. The number of amides is 1. The molecule has 1 amide bonds. The highest BCUT2D eigenvalue weighted by molar-refractivity contribution is 5.95. The fourth-order valence-corrected chi connectivity index (χ4v) is 2.41. The first-order valence-electron chi connectivity index (χ1n) is 7.27. The molecule has 1 saturated heterocycles. The first kappa shape index (κ1) is 14.5. The van der Waals surface area contributed by atoms with E-state index >= 15 is 0 Å². The topological polar surface area (TPSA) is 67.4 Å². The standard InChI is InChI=1S/C16H18N4O2/c1-12-11-20(8-9-22-12)15(21)13-4-2-5-14(10-13)19-16-17-6-3-7-18-16/h2-7,10,12H,8-9,11H2,1H3,(H,17,18,19). The highest BCUT2D eigenvalue weighted by Crippen LogP contribution is 2.17. The molecule has 1 aliphatic heterocycles. The van der Waals surface area contributed by atoms with E-state index in [1.165, 1.54) is 0 Å². The van der Waals surface area contributed by atoms with E-state index in [9.17, 15) is 4.79 Å². The fourth-order valence-electron chi connectivity index (χ4n) is 2.41. The van der Waals surface area contributed by atoms with Crippen molar-refractivity contribution in [2.24, 2.45) is 0 Å². The smallest absolute Gasteiger partial charge is 0.254 e. The molecule has 1 N–H and O–H groups in total. The third kappa shape index (κ3) is 3.40. The van der Waals surface area contributed by atoms with Gasteiger partial charge in [0.25, 0.3) is 5.91 Å². The lowest BCUT2D eigenvalue weighted by molar-refractivity contribution is -0.0124. The predicted molar refractivity (Wildman–Crippen MR) is 83.1 cm³/mol. The number of benzene rings is 1. The molecule has 22 heavy (non-hydrogen) atoms. The van der Waals surface area contributed by atoms with E-state index < -0.39 is 0 Å². The zero-order valence-electron chi connectivity index (χ0n) is 12.4. The van der Waals surface area contributed by atoms with Crippen molar-refractivity contribution in [1.29, 1.82) is 0 Å². The van der Waals surface area contributed by atoms with Gasteiger partial charge in [0, 0.05) is 36.7 Å². The molecule has 0 spiro atoms. The highest BCUT2D eigenvalue weighted by atomic mass is 16.5. The van der Waals surface area contributed by atoms with Crippen molar-refractivity contribution in [3.05, 3.63) is 48.3 Å². The van der Waals surface area contributed by atoms with Crippen molar-refractivity contribution in [3.63, 3.8) is 0 Å². The molecule has 1 aliphatic rings. The summed E-state index contributed by atoms with van der Waals surface area (Å²) in [6, 6.07) is 9.13. The summed E-state index contributed by atoms with van der Waals surface area (Å²) >= 11 is 0. The van der Waals surface area contributed by atoms with Crippen molar-refractivity contribution >= 4 is 17.5 Å². The summed E-state index contributed by atoms with van der Waals surface area (Å²) in [4.78, 5) is 22.6. The minimum Gasteiger partial charge on any atom is -0.375 e. The van der Waals surface area contributed by atoms with Gasteiger partial charge in [0.15, 0.2) is 0 Å². The molecule has 6 nitrogen and oxygen atoms in total. The molecule has 2 heterocycles. The maximum atomic E-state index is 12.6. The molecule has 1 atom stereocenters. The van der Waals surface area contributed by atoms with Gasteiger partial charge < -0.3 is 15.0 Å². The first-order valence-corrected chi connectivity index (χ1v) is 7.27. The molecule has 0 radical (unpaired) electrons. The lowest BCUT2D eigenvalue weighted by Gasteiger charge is -2.31. The Morgan fingerprint density at radius 1 is 1.32 bits per heavy atom. The van der Waals surface area contributed by atoms with Gasteiger partial charge in [-0.05, 0) is 31.2 Å². The Hall–Kier alpha value is -2.47. The van der Waals surface area contributed by atoms with Crippen LogP contribution in [0.5, 0.6) is 0 Å². The Labute approximate surface area is 129 Å². The summed E-state index contributed by atoms with van der Waals surface area (Å²) < 4.78 is 5.47. The third-order valence-corrected chi connectivity index (χ3v) is 3.46. The van der Waals surface area contributed by atoms with Crippen LogP contribution in [-0.4, -0.2) is 46.6 Å². The Morgan fingerprint density at radius 3 is 2.91 bits per heavy atom. The van der Waals surface area contributed by atoms with Crippen LogP contribution in [0.4, 0.5) is 11.6 Å². The number of nitrogens with zero attached hydrogens (tertiary/aromatic N) is 3. The summed E-state index contributed by atoms with van der Waals surface area (Å²) in [5, 5.41) is 3.09. The first-order chi connectivity index (χ1) is 10.7. The molecule has 1 fully saturated rings. The van der Waals surface area contributed by atoms with Gasteiger partial charge in [-0.25, -0.2) is 9.97 Å².